The minimum Gasteiger partial charge on any atom is -0.465 e. The SMILES string of the molecule is COC(=O)c1ccc(CN2CCC(NS(=O)(=O)c3ccc(Cl)cc3)CC2)cc1. The number of nitrogens with one attached hydrogen (secondary N) is 1. The molecular formula is C20H23ClN2O4S. The molecule has 0 amide bonds. The van der Waals surface area contributed by atoms with Crippen LogP contribution in [-0.4, -0.2) is 45.5 Å². The molecule has 6 nitrogen and oxygen atoms in total. The zero-order chi connectivity index (χ0) is 20.1. The number of halogens is 1. The molecule has 2 aromatic rings. The van der Waals surface area contributed by atoms with E-state index >= 15 is 0 Å². The fourth-order valence-electron chi connectivity index (χ4n) is 3.23. The van der Waals surface area contributed by atoms with E-state index in [1.54, 1.807) is 24.3 Å². The quantitative estimate of drug-likeness (QED) is 0.724. The van der Waals surface area contributed by atoms with Crippen LogP contribution in [0.5, 0.6) is 0 Å². The lowest BCUT2D eigenvalue weighted by molar-refractivity contribution is 0.0600. The topological polar surface area (TPSA) is 75.7 Å². The van der Waals surface area contributed by atoms with Crippen LogP contribution in [0.4, 0.5) is 0 Å². The van der Waals surface area contributed by atoms with Crippen LogP contribution in [0.3, 0.4) is 0 Å². The number of methoxy groups -OCH3 is 1. The van der Waals surface area contributed by atoms with E-state index < -0.39 is 10.0 Å². The second kappa shape index (κ2) is 9.05. The zero-order valence-electron chi connectivity index (χ0n) is 15.6. The van der Waals surface area contributed by atoms with Gasteiger partial charge in [0.05, 0.1) is 17.6 Å². The van der Waals surface area contributed by atoms with Gasteiger partial charge in [0.15, 0.2) is 0 Å². The van der Waals surface area contributed by atoms with Gasteiger partial charge in [-0.15, -0.1) is 0 Å². The average Bonchev–Trinajstić information content (AvgIpc) is 2.69. The zero-order valence-corrected chi connectivity index (χ0v) is 17.2. The Balaban J connectivity index is 1.51. The van der Waals surface area contributed by atoms with Crippen molar-refractivity contribution >= 4 is 27.6 Å². The van der Waals surface area contributed by atoms with Crippen LogP contribution >= 0.6 is 11.6 Å². The summed E-state index contributed by atoms with van der Waals surface area (Å²) < 4.78 is 32.5. The lowest BCUT2D eigenvalue weighted by atomic mass is 10.0. The fraction of sp³-hybridized carbons (Fsp3) is 0.350. The molecule has 1 aliphatic rings. The van der Waals surface area contributed by atoms with Gasteiger partial charge in [-0.25, -0.2) is 17.9 Å². The monoisotopic (exact) mass is 422 g/mol. The van der Waals surface area contributed by atoms with Crippen molar-refractivity contribution < 1.29 is 17.9 Å². The Hall–Kier alpha value is -1.93. The third-order valence-electron chi connectivity index (χ3n) is 4.81. The highest BCUT2D eigenvalue weighted by Gasteiger charge is 2.24. The Bertz CT molecular complexity index is 906. The highest BCUT2D eigenvalue weighted by molar-refractivity contribution is 7.89. The number of ether oxygens (including phenoxy) is 1. The number of likely N-dealkylation sites (tertiary alicyclic amines) is 1. The van der Waals surface area contributed by atoms with Crippen LogP contribution in [0, 0.1) is 0 Å². The van der Waals surface area contributed by atoms with Gasteiger partial charge in [0.25, 0.3) is 0 Å². The van der Waals surface area contributed by atoms with Crippen molar-refractivity contribution in [3.63, 3.8) is 0 Å². The molecule has 1 fully saturated rings. The molecule has 0 bridgehead atoms. The summed E-state index contributed by atoms with van der Waals surface area (Å²) in [7, 11) is -2.18. The number of carbonyl (C=O) groups is 1. The summed E-state index contributed by atoms with van der Waals surface area (Å²) in [5.41, 5.74) is 1.63. The summed E-state index contributed by atoms with van der Waals surface area (Å²) in [6, 6.07) is 13.4. The predicted molar refractivity (Wildman–Crippen MR) is 108 cm³/mol. The Kier molecular flexibility index (Phi) is 6.72. The number of hydrogen-bond acceptors (Lipinski definition) is 5. The van der Waals surface area contributed by atoms with Crippen molar-refractivity contribution in [3.05, 3.63) is 64.7 Å². The van der Waals surface area contributed by atoms with E-state index in [9.17, 15) is 13.2 Å². The molecule has 150 valence electrons. The van der Waals surface area contributed by atoms with Crippen LogP contribution in [-0.2, 0) is 21.3 Å². The van der Waals surface area contributed by atoms with Crippen molar-refractivity contribution in [2.45, 2.75) is 30.3 Å². The fourth-order valence-corrected chi connectivity index (χ4v) is 4.66. The van der Waals surface area contributed by atoms with E-state index in [0.29, 0.717) is 10.6 Å². The van der Waals surface area contributed by atoms with E-state index in [-0.39, 0.29) is 16.9 Å². The van der Waals surface area contributed by atoms with Crippen LogP contribution in [0.15, 0.2) is 53.4 Å². The Labute approximate surface area is 170 Å². The van der Waals surface area contributed by atoms with Gasteiger partial charge in [-0.3, -0.25) is 4.90 Å². The van der Waals surface area contributed by atoms with Gasteiger partial charge in [0.1, 0.15) is 0 Å². The van der Waals surface area contributed by atoms with Gasteiger partial charge in [-0.05, 0) is 54.8 Å². The maximum Gasteiger partial charge on any atom is 0.337 e. The van der Waals surface area contributed by atoms with Crippen LogP contribution in [0.2, 0.25) is 5.02 Å². The van der Waals surface area contributed by atoms with E-state index in [2.05, 4.69) is 9.62 Å². The maximum atomic E-state index is 12.5. The average molecular weight is 423 g/mol. The first-order chi connectivity index (χ1) is 13.4. The highest BCUT2D eigenvalue weighted by atomic mass is 35.5. The summed E-state index contributed by atoms with van der Waals surface area (Å²) in [5, 5.41) is 0.506. The first-order valence-corrected chi connectivity index (χ1v) is 10.9. The summed E-state index contributed by atoms with van der Waals surface area (Å²) in [6.45, 7) is 2.36. The normalized spacial score (nSPS) is 16.1. The minimum atomic E-state index is -3.54. The number of rotatable bonds is 6. The predicted octanol–water partition coefficient (Wildman–Crippen LogP) is 3.07. The van der Waals surface area contributed by atoms with Gasteiger partial charge in [0, 0.05) is 30.7 Å². The number of nitrogens with zero attached hydrogens (tertiary/aromatic N) is 1. The van der Waals surface area contributed by atoms with Crippen LogP contribution in [0.25, 0.3) is 0 Å². The molecule has 0 unspecified atom stereocenters. The molecule has 0 aromatic heterocycles. The van der Waals surface area contributed by atoms with Crippen LogP contribution in [0.1, 0.15) is 28.8 Å². The molecule has 3 rings (SSSR count). The number of carbonyl (C=O) groups excluding carboxylic acids is 1. The largest absolute Gasteiger partial charge is 0.465 e. The third-order valence-corrected chi connectivity index (χ3v) is 6.60. The van der Waals surface area contributed by atoms with Crippen molar-refractivity contribution in [1.82, 2.24) is 9.62 Å². The molecule has 1 N–H and O–H groups in total. The van der Waals surface area contributed by atoms with Gasteiger partial charge in [-0.2, -0.15) is 0 Å². The van der Waals surface area contributed by atoms with Gasteiger partial charge >= 0.3 is 5.97 Å². The molecule has 0 spiro atoms. The van der Waals surface area contributed by atoms with E-state index in [1.807, 2.05) is 12.1 Å². The molecule has 2 aromatic carbocycles. The highest BCUT2D eigenvalue weighted by Crippen LogP contribution is 2.18. The Morgan fingerprint density at radius 1 is 1.11 bits per heavy atom. The van der Waals surface area contributed by atoms with E-state index in [4.69, 9.17) is 16.3 Å². The van der Waals surface area contributed by atoms with Gasteiger partial charge in [0.2, 0.25) is 10.0 Å². The second-order valence-electron chi connectivity index (χ2n) is 6.81. The smallest absolute Gasteiger partial charge is 0.337 e. The van der Waals surface area contributed by atoms with Gasteiger partial charge in [-0.1, -0.05) is 23.7 Å². The number of piperidine rings is 1. The lowest BCUT2D eigenvalue weighted by Crippen LogP contribution is -2.44. The molecule has 0 aliphatic carbocycles. The molecule has 1 aliphatic heterocycles. The Morgan fingerprint density at radius 3 is 2.29 bits per heavy atom. The summed E-state index contributed by atoms with van der Waals surface area (Å²) in [5.74, 6) is -0.347. The molecule has 0 radical (unpaired) electrons. The number of sulfonamides is 1. The van der Waals surface area contributed by atoms with Crippen molar-refractivity contribution in [1.29, 1.82) is 0 Å². The second-order valence-corrected chi connectivity index (χ2v) is 8.96. The maximum absolute atomic E-state index is 12.5. The van der Waals surface area contributed by atoms with Crippen molar-refractivity contribution in [2.24, 2.45) is 0 Å². The lowest BCUT2D eigenvalue weighted by Gasteiger charge is -2.32. The molecule has 1 saturated heterocycles. The van der Waals surface area contributed by atoms with Crippen molar-refractivity contribution in [2.75, 3.05) is 20.2 Å². The molecule has 8 heteroatoms. The number of esters is 1. The van der Waals surface area contributed by atoms with E-state index in [0.717, 1.165) is 38.0 Å². The third kappa shape index (κ3) is 5.32. The summed E-state index contributed by atoms with van der Waals surface area (Å²) >= 11 is 5.82. The molecule has 28 heavy (non-hydrogen) atoms. The molecular weight excluding hydrogens is 400 g/mol. The van der Waals surface area contributed by atoms with E-state index in [1.165, 1.54) is 19.2 Å². The molecule has 0 atom stereocenters. The number of hydrogen-bond donors (Lipinski definition) is 1. The first-order valence-electron chi connectivity index (χ1n) is 9.05. The van der Waals surface area contributed by atoms with Gasteiger partial charge < -0.3 is 4.74 Å². The first kappa shape index (κ1) is 20.8. The van der Waals surface area contributed by atoms with Crippen LogP contribution < -0.4 is 4.72 Å². The van der Waals surface area contributed by atoms with Crippen molar-refractivity contribution in [3.8, 4) is 0 Å². The minimum absolute atomic E-state index is 0.0846. The molecule has 0 saturated carbocycles. The molecule has 1 heterocycles. The standard InChI is InChI=1S/C20H23ClN2O4S/c1-27-20(24)16-4-2-15(3-5-16)14-23-12-10-18(11-13-23)22-28(25,26)19-8-6-17(21)7-9-19/h2-9,18,22H,10-14H2,1H3. The summed E-state index contributed by atoms with van der Waals surface area (Å²) in [6.07, 6.45) is 1.49. The summed E-state index contributed by atoms with van der Waals surface area (Å²) in [4.78, 5) is 14.0. The Morgan fingerprint density at radius 2 is 1.71 bits per heavy atom. The number of benzene rings is 2.